The van der Waals surface area contributed by atoms with Gasteiger partial charge in [0, 0.05) is 33.4 Å². The lowest BCUT2D eigenvalue weighted by Gasteiger charge is -2.30. The van der Waals surface area contributed by atoms with Crippen molar-refractivity contribution in [2.45, 2.75) is 118 Å². The molecule has 0 aliphatic rings. The number of carbonyl (C=O) groups excluding carboxylic acids is 2. The van der Waals surface area contributed by atoms with Crippen LogP contribution in [-0.2, 0) is 49.1 Å². The van der Waals surface area contributed by atoms with Crippen LogP contribution in [-0.4, -0.2) is 36.4 Å². The van der Waals surface area contributed by atoms with Crippen LogP contribution in [0.5, 0.6) is 11.5 Å². The highest BCUT2D eigenvalue weighted by molar-refractivity contribution is 5.81. The summed E-state index contributed by atoms with van der Waals surface area (Å²) < 4.78 is 17.1. The van der Waals surface area contributed by atoms with Crippen LogP contribution >= 0.6 is 0 Å². The summed E-state index contributed by atoms with van der Waals surface area (Å²) in [5.74, 6) is 0.361. The highest BCUT2D eigenvalue weighted by Crippen LogP contribution is 2.44. The molecule has 7 nitrogen and oxygen atoms in total. The fourth-order valence-electron chi connectivity index (χ4n) is 5.19. The van der Waals surface area contributed by atoms with Gasteiger partial charge in [0.1, 0.15) is 37.7 Å². The fraction of sp³-hybridized carbons (Fsp3) is 0.588. The van der Waals surface area contributed by atoms with Crippen molar-refractivity contribution in [1.29, 1.82) is 0 Å². The normalized spacial score (nSPS) is 13.0. The molecule has 0 heterocycles. The van der Waals surface area contributed by atoms with Crippen LogP contribution in [0.25, 0.3) is 0 Å². The Hall–Kier alpha value is -2.74. The van der Waals surface area contributed by atoms with Crippen LogP contribution in [0.2, 0.25) is 0 Å². The molecule has 0 aliphatic carbocycles. The van der Waals surface area contributed by atoms with Gasteiger partial charge in [-0.2, -0.15) is 0 Å². The first-order valence-corrected chi connectivity index (χ1v) is 14.1. The summed E-state index contributed by atoms with van der Waals surface area (Å²) in [5, 5.41) is 22.4. The van der Waals surface area contributed by atoms with Crippen molar-refractivity contribution >= 4 is 12.6 Å². The minimum atomic E-state index is -0.430. The zero-order valence-electron chi connectivity index (χ0n) is 27.1. The first-order valence-electron chi connectivity index (χ1n) is 14.1. The summed E-state index contributed by atoms with van der Waals surface area (Å²) >= 11 is 0. The standard InChI is InChI=1S/C34H50O7/c1-31(2,3)25-13-21(15-35)23(27(29(25)37)33(7,8)9)17-39-19-41-20-40-18-24-22(16-36)14-26(32(4,5)6)30(38)28(24)34(10,11)12/h13-16,37-38H,17-20H2,1-12H3. The molecule has 41 heavy (non-hydrogen) atoms. The zero-order chi connectivity index (χ0) is 31.6. The predicted molar refractivity (Wildman–Crippen MR) is 162 cm³/mol. The second kappa shape index (κ2) is 12.6. The lowest BCUT2D eigenvalue weighted by atomic mass is 9.76. The Balaban J connectivity index is 2.17. The lowest BCUT2D eigenvalue weighted by molar-refractivity contribution is -0.139. The second-order valence-corrected chi connectivity index (χ2v) is 14.8. The third kappa shape index (κ3) is 8.18. The quantitative estimate of drug-likeness (QED) is 0.172. The van der Waals surface area contributed by atoms with E-state index in [1.165, 1.54) is 0 Å². The van der Waals surface area contributed by atoms with Crippen LogP contribution in [0.3, 0.4) is 0 Å². The molecular weight excluding hydrogens is 520 g/mol. The average Bonchev–Trinajstić information content (AvgIpc) is 2.80. The van der Waals surface area contributed by atoms with E-state index >= 15 is 0 Å². The Morgan fingerprint density at radius 1 is 0.561 bits per heavy atom. The number of aldehydes is 2. The number of rotatable bonds is 10. The van der Waals surface area contributed by atoms with Gasteiger partial charge < -0.3 is 24.4 Å². The van der Waals surface area contributed by atoms with Crippen LogP contribution in [0.15, 0.2) is 12.1 Å². The van der Waals surface area contributed by atoms with E-state index in [2.05, 4.69) is 0 Å². The molecule has 0 saturated carbocycles. The molecule has 0 aliphatic heterocycles. The van der Waals surface area contributed by atoms with E-state index < -0.39 is 10.8 Å². The summed E-state index contributed by atoms with van der Waals surface area (Å²) in [6.45, 7) is 23.8. The fourth-order valence-corrected chi connectivity index (χ4v) is 5.19. The summed E-state index contributed by atoms with van der Waals surface area (Å²) in [7, 11) is 0. The van der Waals surface area contributed by atoms with E-state index in [-0.39, 0.29) is 49.1 Å². The van der Waals surface area contributed by atoms with Crippen molar-refractivity contribution < 1.29 is 34.0 Å². The largest absolute Gasteiger partial charge is 0.507 e. The molecule has 0 saturated heterocycles. The van der Waals surface area contributed by atoms with Crippen LogP contribution in [0, 0.1) is 0 Å². The Morgan fingerprint density at radius 2 is 0.878 bits per heavy atom. The highest BCUT2D eigenvalue weighted by Gasteiger charge is 2.32. The average molecular weight is 571 g/mol. The van der Waals surface area contributed by atoms with Gasteiger partial charge in [-0.3, -0.25) is 9.59 Å². The number of phenolic OH excluding ortho intramolecular Hbond substituents is 2. The topological polar surface area (TPSA) is 102 Å². The summed E-state index contributed by atoms with van der Waals surface area (Å²) in [6.07, 6.45) is 1.59. The van der Waals surface area contributed by atoms with E-state index in [0.717, 1.165) is 12.6 Å². The maximum Gasteiger partial charge on any atom is 0.150 e. The minimum Gasteiger partial charge on any atom is -0.507 e. The molecule has 0 bridgehead atoms. The Morgan fingerprint density at radius 3 is 1.12 bits per heavy atom. The molecule has 2 N–H and O–H groups in total. The zero-order valence-corrected chi connectivity index (χ0v) is 27.1. The molecule has 0 aromatic heterocycles. The first kappa shape index (κ1) is 34.5. The van der Waals surface area contributed by atoms with E-state index in [1.807, 2.05) is 83.1 Å². The van der Waals surface area contributed by atoms with Crippen molar-refractivity contribution in [3.8, 4) is 11.5 Å². The van der Waals surface area contributed by atoms with Gasteiger partial charge in [0.2, 0.25) is 0 Å². The van der Waals surface area contributed by atoms with E-state index in [1.54, 1.807) is 12.1 Å². The Kier molecular flexibility index (Phi) is 10.6. The molecule has 2 aromatic rings. The van der Waals surface area contributed by atoms with Gasteiger partial charge >= 0.3 is 0 Å². The van der Waals surface area contributed by atoms with Gasteiger partial charge in [0.15, 0.2) is 0 Å². The number of hydrogen-bond donors (Lipinski definition) is 2. The Bertz CT molecular complexity index is 1150. The van der Waals surface area contributed by atoms with Gasteiger partial charge in [-0.05, 0) is 44.9 Å². The smallest absolute Gasteiger partial charge is 0.150 e. The minimum absolute atomic E-state index is 0.0737. The number of phenols is 2. The molecule has 0 spiro atoms. The molecule has 2 rings (SSSR count). The lowest BCUT2D eigenvalue weighted by Crippen LogP contribution is -2.22. The van der Waals surface area contributed by atoms with Crippen LogP contribution in [0.1, 0.15) is 137 Å². The van der Waals surface area contributed by atoms with Crippen molar-refractivity contribution in [2.75, 3.05) is 13.6 Å². The predicted octanol–water partition coefficient (Wildman–Crippen LogP) is 7.58. The third-order valence-corrected chi connectivity index (χ3v) is 7.08. The molecule has 0 radical (unpaired) electrons. The van der Waals surface area contributed by atoms with Crippen LogP contribution < -0.4 is 0 Å². The van der Waals surface area contributed by atoms with Crippen molar-refractivity contribution in [2.24, 2.45) is 0 Å². The third-order valence-electron chi connectivity index (χ3n) is 7.08. The maximum atomic E-state index is 12.0. The number of hydrogen-bond acceptors (Lipinski definition) is 7. The number of aromatic hydroxyl groups is 2. The first-order chi connectivity index (χ1) is 18.7. The van der Waals surface area contributed by atoms with E-state index in [9.17, 15) is 19.8 Å². The number of ether oxygens (including phenoxy) is 3. The SMILES string of the molecule is CC(C)(C)c1cc(C=O)c(COCOCOCc2c(C=O)cc(C(C)(C)C)c(O)c2C(C)(C)C)c(C(C)(C)C)c1O. The van der Waals surface area contributed by atoms with Gasteiger partial charge in [-0.15, -0.1) is 0 Å². The molecule has 0 amide bonds. The van der Waals surface area contributed by atoms with Gasteiger partial charge in [0.25, 0.3) is 0 Å². The summed E-state index contributed by atoms with van der Waals surface area (Å²) in [6, 6.07) is 3.47. The van der Waals surface area contributed by atoms with Crippen LogP contribution in [0.4, 0.5) is 0 Å². The van der Waals surface area contributed by atoms with Crippen molar-refractivity contribution in [3.05, 3.63) is 56.6 Å². The second-order valence-electron chi connectivity index (χ2n) is 14.8. The molecular formula is C34H50O7. The van der Waals surface area contributed by atoms with Crippen molar-refractivity contribution in [1.82, 2.24) is 0 Å². The van der Waals surface area contributed by atoms with Gasteiger partial charge in [0.05, 0.1) is 13.2 Å². The van der Waals surface area contributed by atoms with E-state index in [0.29, 0.717) is 44.5 Å². The molecule has 7 heteroatoms. The molecule has 0 atom stereocenters. The summed E-state index contributed by atoms with van der Waals surface area (Å²) in [4.78, 5) is 24.0. The van der Waals surface area contributed by atoms with Gasteiger partial charge in [-0.1, -0.05) is 83.1 Å². The molecule has 2 aromatic carbocycles. The molecule has 228 valence electrons. The highest BCUT2D eigenvalue weighted by atomic mass is 16.7. The monoisotopic (exact) mass is 570 g/mol. The molecule has 0 unspecified atom stereocenters. The summed E-state index contributed by atoms with van der Waals surface area (Å²) in [5.41, 5.74) is 3.44. The maximum absolute atomic E-state index is 12.0. The number of carbonyl (C=O) groups is 2. The van der Waals surface area contributed by atoms with E-state index in [4.69, 9.17) is 14.2 Å². The Labute approximate surface area is 246 Å². The van der Waals surface area contributed by atoms with Crippen molar-refractivity contribution in [3.63, 3.8) is 0 Å². The number of benzene rings is 2. The van der Waals surface area contributed by atoms with Gasteiger partial charge in [-0.25, -0.2) is 0 Å². The molecule has 0 fully saturated rings.